The van der Waals surface area contributed by atoms with Gasteiger partial charge in [-0.1, -0.05) is 0 Å². The highest BCUT2D eigenvalue weighted by Gasteiger charge is 2.49. The second-order valence-electron chi connectivity index (χ2n) is 4.65. The highest BCUT2D eigenvalue weighted by Crippen LogP contribution is 2.50. The highest BCUT2D eigenvalue weighted by molar-refractivity contribution is 5.85. The smallest absolute Gasteiger partial charge is 0.117 e. The van der Waals surface area contributed by atoms with Crippen LogP contribution in [0.25, 0.3) is 0 Å². The molecule has 4 rings (SSSR count). The molecule has 70 valence electrons. The Hall–Kier alpha value is 0.210. The van der Waals surface area contributed by atoms with E-state index in [1.54, 1.807) is 0 Å². The lowest BCUT2D eigenvalue weighted by atomic mass is 9.65. The number of halogens is 1. The maximum absolute atomic E-state index is 6.10. The van der Waals surface area contributed by atoms with Gasteiger partial charge in [0.25, 0.3) is 0 Å². The molecule has 0 amide bonds. The molecule has 0 aromatic heterocycles. The van der Waals surface area contributed by atoms with Crippen LogP contribution in [0.15, 0.2) is 0 Å². The summed E-state index contributed by atoms with van der Waals surface area (Å²) in [5.74, 6) is 1.79. The summed E-state index contributed by atoms with van der Waals surface area (Å²) >= 11 is 0. The van der Waals surface area contributed by atoms with E-state index in [2.05, 4.69) is 0 Å². The number of rotatable bonds is 0. The van der Waals surface area contributed by atoms with Crippen LogP contribution in [0.2, 0.25) is 0 Å². The first-order valence-electron chi connectivity index (χ1n) is 4.70. The summed E-state index contributed by atoms with van der Waals surface area (Å²) in [7, 11) is 0. The zero-order valence-electron chi connectivity index (χ0n) is 7.16. The molecule has 0 aromatic carbocycles. The number of ether oxygens (including phenoxy) is 1. The summed E-state index contributed by atoms with van der Waals surface area (Å²) in [5.41, 5.74) is 5.90. The van der Waals surface area contributed by atoms with Crippen LogP contribution in [0.3, 0.4) is 0 Å². The quantitative estimate of drug-likeness (QED) is 0.629. The second-order valence-corrected chi connectivity index (χ2v) is 4.65. The molecule has 2 aliphatic heterocycles. The second kappa shape index (κ2) is 2.60. The van der Waals surface area contributed by atoms with E-state index >= 15 is 0 Å². The summed E-state index contributed by atoms with van der Waals surface area (Å²) in [6.07, 6.45) is 6.77. The molecule has 2 unspecified atom stereocenters. The third-order valence-corrected chi connectivity index (χ3v) is 3.53. The van der Waals surface area contributed by atoms with Crippen LogP contribution in [0, 0.1) is 11.8 Å². The molecule has 4 atom stereocenters. The molecule has 12 heavy (non-hydrogen) atoms. The van der Waals surface area contributed by atoms with Gasteiger partial charge in [-0.25, -0.2) is 0 Å². The van der Waals surface area contributed by atoms with Crippen molar-refractivity contribution in [2.75, 3.05) is 0 Å². The van der Waals surface area contributed by atoms with Gasteiger partial charge < -0.3 is 10.5 Å². The maximum atomic E-state index is 6.10. The molecule has 4 fully saturated rings. The van der Waals surface area contributed by atoms with Crippen LogP contribution in [0.5, 0.6) is 0 Å². The van der Waals surface area contributed by atoms with E-state index in [4.69, 9.17) is 10.5 Å². The van der Waals surface area contributed by atoms with Gasteiger partial charge in [0.15, 0.2) is 0 Å². The molecular weight excluding hydrogens is 174 g/mol. The van der Waals surface area contributed by atoms with Crippen LogP contribution in [0.1, 0.15) is 32.1 Å². The molecule has 4 bridgehead atoms. The Bertz CT molecular complexity index is 160. The molecule has 0 spiro atoms. The topological polar surface area (TPSA) is 35.2 Å². The van der Waals surface area contributed by atoms with E-state index in [-0.39, 0.29) is 18.1 Å². The Labute approximate surface area is 79.2 Å². The van der Waals surface area contributed by atoms with Crippen molar-refractivity contribution in [2.24, 2.45) is 17.6 Å². The largest absolute Gasteiger partial charge is 0.358 e. The Morgan fingerprint density at radius 1 is 1.08 bits per heavy atom. The minimum Gasteiger partial charge on any atom is -0.358 e. The molecule has 2 saturated heterocycles. The van der Waals surface area contributed by atoms with Gasteiger partial charge in [-0.2, -0.15) is 0 Å². The van der Waals surface area contributed by atoms with Crippen molar-refractivity contribution in [3.05, 3.63) is 0 Å². The minimum atomic E-state index is -0.200. The monoisotopic (exact) mass is 189 g/mol. The standard InChI is InChI=1S/C9H15NO.ClH/c10-9-4-6-1-7(5-9)3-8(2-6)11-9;/h6-8H,1-5,10H2;1H/t6-,7+,8?,9?;. The molecule has 2 aliphatic carbocycles. The average Bonchev–Trinajstić information content (AvgIpc) is 1.79. The number of nitrogens with two attached hydrogens (primary N) is 1. The Balaban J connectivity index is 0.000000563. The lowest BCUT2D eigenvalue weighted by molar-refractivity contribution is -0.216. The van der Waals surface area contributed by atoms with Gasteiger partial charge in [0.05, 0.1) is 6.10 Å². The van der Waals surface area contributed by atoms with Crippen LogP contribution in [-0.4, -0.2) is 11.8 Å². The fraction of sp³-hybridized carbons (Fsp3) is 1.00. The average molecular weight is 190 g/mol. The van der Waals surface area contributed by atoms with Gasteiger partial charge in [-0.3, -0.25) is 0 Å². The van der Waals surface area contributed by atoms with Gasteiger partial charge in [-0.05, 0) is 43.9 Å². The van der Waals surface area contributed by atoms with E-state index in [1.165, 1.54) is 19.3 Å². The molecule has 2 nitrogen and oxygen atoms in total. The zero-order chi connectivity index (χ0) is 7.47. The van der Waals surface area contributed by atoms with E-state index in [0.29, 0.717) is 6.10 Å². The third kappa shape index (κ3) is 1.17. The van der Waals surface area contributed by atoms with Crippen molar-refractivity contribution in [1.29, 1.82) is 0 Å². The van der Waals surface area contributed by atoms with Crippen LogP contribution < -0.4 is 5.73 Å². The molecule has 0 radical (unpaired) electrons. The molecule has 4 aliphatic rings. The van der Waals surface area contributed by atoms with Crippen molar-refractivity contribution in [1.82, 2.24) is 0 Å². The predicted octanol–water partition coefficient (Wildman–Crippen LogP) is 1.67. The maximum Gasteiger partial charge on any atom is 0.117 e. The van der Waals surface area contributed by atoms with Gasteiger partial charge in [0.1, 0.15) is 5.72 Å². The van der Waals surface area contributed by atoms with E-state index in [9.17, 15) is 0 Å². The number of hydrogen-bond acceptors (Lipinski definition) is 2. The molecule has 2 saturated carbocycles. The van der Waals surface area contributed by atoms with Crippen LogP contribution >= 0.6 is 12.4 Å². The van der Waals surface area contributed by atoms with Crippen molar-refractivity contribution in [3.8, 4) is 0 Å². The van der Waals surface area contributed by atoms with E-state index in [0.717, 1.165) is 24.7 Å². The Morgan fingerprint density at radius 3 is 2.08 bits per heavy atom. The first kappa shape index (κ1) is 8.79. The van der Waals surface area contributed by atoms with E-state index in [1.807, 2.05) is 0 Å². The van der Waals surface area contributed by atoms with Crippen molar-refractivity contribution in [3.63, 3.8) is 0 Å². The van der Waals surface area contributed by atoms with Gasteiger partial charge in [0, 0.05) is 0 Å². The lowest BCUT2D eigenvalue weighted by Gasteiger charge is -2.54. The number of hydrogen-bond donors (Lipinski definition) is 1. The Morgan fingerprint density at radius 2 is 1.67 bits per heavy atom. The molecule has 2 heterocycles. The van der Waals surface area contributed by atoms with Crippen molar-refractivity contribution >= 4 is 12.4 Å². The van der Waals surface area contributed by atoms with Crippen LogP contribution in [-0.2, 0) is 4.74 Å². The van der Waals surface area contributed by atoms with Gasteiger partial charge >= 0.3 is 0 Å². The summed E-state index contributed by atoms with van der Waals surface area (Å²) in [5, 5.41) is 0. The molecular formula is C9H16ClNO. The molecule has 3 heteroatoms. The summed E-state index contributed by atoms with van der Waals surface area (Å²) in [6.45, 7) is 0. The van der Waals surface area contributed by atoms with Crippen LogP contribution in [0.4, 0.5) is 0 Å². The Kier molecular flexibility index (Phi) is 1.90. The molecule has 0 aromatic rings. The fourth-order valence-electron chi connectivity index (χ4n) is 3.42. The highest BCUT2D eigenvalue weighted by atomic mass is 35.5. The van der Waals surface area contributed by atoms with E-state index < -0.39 is 0 Å². The predicted molar refractivity (Wildman–Crippen MR) is 49.1 cm³/mol. The normalized spacial score (nSPS) is 55.2. The summed E-state index contributed by atoms with van der Waals surface area (Å²) in [4.78, 5) is 0. The first-order valence-corrected chi connectivity index (χ1v) is 4.70. The van der Waals surface area contributed by atoms with Gasteiger partial charge in [0.2, 0.25) is 0 Å². The zero-order valence-corrected chi connectivity index (χ0v) is 7.98. The third-order valence-electron chi connectivity index (χ3n) is 3.53. The SMILES string of the molecule is Cl.NC12C[C@@H]3CC(C[C@@H](C3)C1)O2. The first-order chi connectivity index (χ1) is 5.23. The molecule has 2 N–H and O–H groups in total. The van der Waals surface area contributed by atoms with Crippen molar-refractivity contribution < 1.29 is 4.74 Å². The summed E-state index contributed by atoms with van der Waals surface area (Å²) in [6, 6.07) is 0. The van der Waals surface area contributed by atoms with Crippen molar-refractivity contribution in [2.45, 2.75) is 43.9 Å². The minimum absolute atomic E-state index is 0. The summed E-state index contributed by atoms with van der Waals surface area (Å²) < 4.78 is 5.79. The van der Waals surface area contributed by atoms with Gasteiger partial charge in [-0.15, -0.1) is 12.4 Å². The lowest BCUT2D eigenvalue weighted by Crippen LogP contribution is -2.59. The fourth-order valence-corrected chi connectivity index (χ4v) is 3.42.